The number of hydrogen-bond donors (Lipinski definition) is 1. The minimum atomic E-state index is -0.348. The fraction of sp³-hybridized carbons (Fsp3) is 0.308. The molecule has 1 aromatic carbocycles. The predicted molar refractivity (Wildman–Crippen MR) is 61.6 cm³/mol. The third-order valence-corrected chi connectivity index (χ3v) is 2.57. The molecule has 2 rings (SSSR count). The van der Waals surface area contributed by atoms with Gasteiger partial charge in [0.1, 0.15) is 0 Å². The third kappa shape index (κ3) is 2.16. The first-order valence-corrected chi connectivity index (χ1v) is 5.34. The van der Waals surface area contributed by atoms with Gasteiger partial charge in [0.2, 0.25) is 0 Å². The van der Waals surface area contributed by atoms with Gasteiger partial charge in [0.25, 0.3) is 0 Å². The highest BCUT2D eigenvalue weighted by molar-refractivity contribution is 5.78. The molecular weight excluding hydrogens is 186 g/mol. The molecule has 0 aliphatic rings. The molecule has 0 amide bonds. The average Bonchev–Trinajstić information content (AvgIpc) is 2.29. The first-order valence-electron chi connectivity index (χ1n) is 5.34. The van der Waals surface area contributed by atoms with Crippen molar-refractivity contribution in [1.82, 2.24) is 4.98 Å². The monoisotopic (exact) mass is 201 g/mol. The largest absolute Gasteiger partial charge is 0.388 e. The number of fused-ring (bicyclic) bond motifs is 1. The maximum Gasteiger partial charge on any atom is 0.0790 e. The fourth-order valence-corrected chi connectivity index (χ4v) is 1.74. The van der Waals surface area contributed by atoms with Crippen LogP contribution in [0.3, 0.4) is 0 Å². The highest BCUT2D eigenvalue weighted by atomic mass is 16.3. The molecule has 1 aromatic heterocycles. The number of benzene rings is 1. The molecule has 78 valence electrons. The zero-order chi connectivity index (χ0) is 10.7. The summed E-state index contributed by atoms with van der Waals surface area (Å²) < 4.78 is 0. The molecule has 1 atom stereocenters. The Bertz CT molecular complexity index is 453. The van der Waals surface area contributed by atoms with Gasteiger partial charge in [0.05, 0.1) is 11.6 Å². The molecule has 2 nitrogen and oxygen atoms in total. The molecule has 0 bridgehead atoms. The molecule has 2 heteroatoms. The lowest BCUT2D eigenvalue weighted by atomic mass is 10.0. The van der Waals surface area contributed by atoms with Crippen LogP contribution in [-0.4, -0.2) is 10.1 Å². The molecule has 0 unspecified atom stereocenters. The summed E-state index contributed by atoms with van der Waals surface area (Å²) >= 11 is 0. The van der Waals surface area contributed by atoms with Crippen molar-refractivity contribution in [3.63, 3.8) is 0 Å². The Morgan fingerprint density at radius 1 is 1.33 bits per heavy atom. The number of hydrogen-bond acceptors (Lipinski definition) is 2. The Hall–Kier alpha value is -1.41. The van der Waals surface area contributed by atoms with E-state index in [1.165, 1.54) is 0 Å². The van der Waals surface area contributed by atoms with E-state index in [-0.39, 0.29) is 6.10 Å². The average molecular weight is 201 g/mol. The van der Waals surface area contributed by atoms with Crippen LogP contribution in [0, 0.1) is 0 Å². The van der Waals surface area contributed by atoms with E-state index in [9.17, 15) is 5.11 Å². The molecule has 15 heavy (non-hydrogen) atoms. The summed E-state index contributed by atoms with van der Waals surface area (Å²) in [5.74, 6) is 0. The van der Waals surface area contributed by atoms with E-state index in [1.807, 2.05) is 30.3 Å². The molecule has 0 radical (unpaired) electrons. The topological polar surface area (TPSA) is 33.1 Å². The summed E-state index contributed by atoms with van der Waals surface area (Å²) in [5.41, 5.74) is 1.96. The number of aliphatic hydroxyl groups is 1. The van der Waals surface area contributed by atoms with Gasteiger partial charge in [-0.2, -0.15) is 0 Å². The number of nitrogens with zero attached hydrogens (tertiary/aromatic N) is 1. The first kappa shape index (κ1) is 10.1. The number of rotatable bonds is 3. The van der Waals surface area contributed by atoms with Crippen molar-refractivity contribution >= 4 is 10.9 Å². The summed E-state index contributed by atoms with van der Waals surface area (Å²) in [7, 11) is 0. The minimum absolute atomic E-state index is 0.348. The Kier molecular flexibility index (Phi) is 2.97. The maximum atomic E-state index is 9.86. The van der Waals surface area contributed by atoms with Crippen LogP contribution in [0.1, 0.15) is 31.4 Å². The molecule has 0 aliphatic carbocycles. The van der Waals surface area contributed by atoms with Gasteiger partial charge < -0.3 is 5.11 Å². The lowest BCUT2D eigenvalue weighted by Crippen LogP contribution is -1.96. The van der Waals surface area contributed by atoms with Crippen LogP contribution in [0.5, 0.6) is 0 Å². The van der Waals surface area contributed by atoms with Crippen molar-refractivity contribution < 1.29 is 5.11 Å². The van der Waals surface area contributed by atoms with E-state index < -0.39 is 0 Å². The molecule has 2 aromatic rings. The number of aromatic nitrogens is 1. The summed E-state index contributed by atoms with van der Waals surface area (Å²) in [4.78, 5) is 4.25. The molecular formula is C13H15NO. The van der Waals surface area contributed by atoms with E-state index in [0.717, 1.165) is 29.3 Å². The van der Waals surface area contributed by atoms with Gasteiger partial charge in [-0.25, -0.2) is 0 Å². The number of pyridine rings is 1. The summed E-state index contributed by atoms with van der Waals surface area (Å²) in [6.07, 6.45) is 3.24. The first-order chi connectivity index (χ1) is 7.31. The van der Waals surface area contributed by atoms with Crippen molar-refractivity contribution in [1.29, 1.82) is 0 Å². The van der Waals surface area contributed by atoms with Crippen LogP contribution in [0.15, 0.2) is 36.5 Å². The van der Waals surface area contributed by atoms with Crippen molar-refractivity contribution in [2.45, 2.75) is 25.9 Å². The quantitative estimate of drug-likeness (QED) is 0.827. The van der Waals surface area contributed by atoms with Crippen LogP contribution in [0.4, 0.5) is 0 Å². The van der Waals surface area contributed by atoms with Crippen molar-refractivity contribution in [3.8, 4) is 0 Å². The third-order valence-electron chi connectivity index (χ3n) is 2.57. The van der Waals surface area contributed by atoms with Gasteiger partial charge in [0, 0.05) is 11.6 Å². The smallest absolute Gasteiger partial charge is 0.0790 e. The zero-order valence-corrected chi connectivity index (χ0v) is 8.85. The molecule has 0 saturated heterocycles. The Morgan fingerprint density at radius 2 is 2.20 bits per heavy atom. The Labute approximate surface area is 89.6 Å². The normalized spacial score (nSPS) is 12.9. The van der Waals surface area contributed by atoms with Crippen LogP contribution < -0.4 is 0 Å². The van der Waals surface area contributed by atoms with Gasteiger partial charge in [-0.05, 0) is 30.2 Å². The highest BCUT2D eigenvalue weighted by Gasteiger charge is 2.06. The van der Waals surface area contributed by atoms with Crippen LogP contribution >= 0.6 is 0 Å². The summed E-state index contributed by atoms with van der Waals surface area (Å²) in [6, 6.07) is 9.87. The van der Waals surface area contributed by atoms with Crippen molar-refractivity contribution in [2.24, 2.45) is 0 Å². The molecule has 1 heterocycles. The Morgan fingerprint density at radius 3 is 3.00 bits per heavy atom. The van der Waals surface area contributed by atoms with Gasteiger partial charge >= 0.3 is 0 Å². The van der Waals surface area contributed by atoms with E-state index in [2.05, 4.69) is 11.9 Å². The van der Waals surface area contributed by atoms with E-state index in [0.29, 0.717) is 0 Å². The molecule has 0 aliphatic heterocycles. The van der Waals surface area contributed by atoms with Crippen LogP contribution in [0.25, 0.3) is 10.9 Å². The minimum Gasteiger partial charge on any atom is -0.388 e. The zero-order valence-electron chi connectivity index (χ0n) is 8.85. The standard InChI is InChI=1S/C13H15NO/c1-2-4-13(15)11-6-7-12-10(9-11)5-3-8-14-12/h3,5-9,13,15H,2,4H2,1H3/t13-/m0/s1. The molecule has 1 N–H and O–H groups in total. The number of aliphatic hydroxyl groups excluding tert-OH is 1. The maximum absolute atomic E-state index is 9.86. The van der Waals surface area contributed by atoms with Gasteiger partial charge in [-0.3, -0.25) is 4.98 Å². The molecule has 0 spiro atoms. The van der Waals surface area contributed by atoms with Gasteiger partial charge in [-0.1, -0.05) is 25.5 Å². The van der Waals surface area contributed by atoms with E-state index >= 15 is 0 Å². The second-order valence-electron chi connectivity index (χ2n) is 3.76. The predicted octanol–water partition coefficient (Wildman–Crippen LogP) is 3.07. The van der Waals surface area contributed by atoms with Crippen molar-refractivity contribution in [2.75, 3.05) is 0 Å². The summed E-state index contributed by atoms with van der Waals surface area (Å²) in [6.45, 7) is 2.08. The second kappa shape index (κ2) is 4.41. The SMILES string of the molecule is CCC[C@H](O)c1ccc2ncccc2c1. The van der Waals surface area contributed by atoms with Gasteiger partial charge in [0.15, 0.2) is 0 Å². The Balaban J connectivity index is 2.38. The summed E-state index contributed by atoms with van der Waals surface area (Å²) in [5, 5.41) is 10.9. The van der Waals surface area contributed by atoms with Gasteiger partial charge in [-0.15, -0.1) is 0 Å². The fourth-order valence-electron chi connectivity index (χ4n) is 1.74. The van der Waals surface area contributed by atoms with Crippen LogP contribution in [0.2, 0.25) is 0 Å². The van der Waals surface area contributed by atoms with Crippen molar-refractivity contribution in [3.05, 3.63) is 42.1 Å². The molecule has 0 saturated carbocycles. The highest BCUT2D eigenvalue weighted by Crippen LogP contribution is 2.21. The van der Waals surface area contributed by atoms with E-state index in [4.69, 9.17) is 0 Å². The molecule has 0 fully saturated rings. The lowest BCUT2D eigenvalue weighted by Gasteiger charge is -2.10. The van der Waals surface area contributed by atoms with Crippen LogP contribution in [-0.2, 0) is 0 Å². The lowest BCUT2D eigenvalue weighted by molar-refractivity contribution is 0.166. The van der Waals surface area contributed by atoms with E-state index in [1.54, 1.807) is 6.20 Å². The second-order valence-corrected chi connectivity index (χ2v) is 3.76.